The number of rotatable bonds is 3. The Morgan fingerprint density at radius 2 is 2.05 bits per heavy atom. The summed E-state index contributed by atoms with van der Waals surface area (Å²) in [4.78, 5) is 28.1. The number of amides is 1. The minimum absolute atomic E-state index is 0.0872. The van der Waals surface area contributed by atoms with Crippen molar-refractivity contribution in [3.05, 3.63) is 29.8 Å². The van der Waals surface area contributed by atoms with Crippen LogP contribution < -0.4 is 4.90 Å². The van der Waals surface area contributed by atoms with Gasteiger partial charge in [0.15, 0.2) is 5.78 Å². The first-order chi connectivity index (χ1) is 9.50. The molecule has 1 aliphatic rings. The van der Waals surface area contributed by atoms with Crippen LogP contribution in [0.2, 0.25) is 0 Å². The molecule has 0 atom stereocenters. The zero-order valence-corrected chi connectivity index (χ0v) is 12.4. The van der Waals surface area contributed by atoms with Gasteiger partial charge in [-0.1, -0.05) is 12.1 Å². The first-order valence-corrected chi connectivity index (χ1v) is 7.13. The quantitative estimate of drug-likeness (QED) is 0.849. The second-order valence-corrected chi connectivity index (χ2v) is 5.56. The zero-order chi connectivity index (χ0) is 14.7. The van der Waals surface area contributed by atoms with Crippen LogP contribution in [0, 0.1) is 0 Å². The van der Waals surface area contributed by atoms with E-state index in [9.17, 15) is 9.59 Å². The molecule has 0 fully saturated rings. The van der Waals surface area contributed by atoms with Crippen molar-refractivity contribution < 1.29 is 9.59 Å². The summed E-state index contributed by atoms with van der Waals surface area (Å²) in [5, 5.41) is 0. The number of ketones is 1. The molecule has 1 aromatic rings. The Hall–Kier alpha value is -1.84. The van der Waals surface area contributed by atoms with E-state index >= 15 is 0 Å². The fourth-order valence-corrected chi connectivity index (χ4v) is 2.40. The van der Waals surface area contributed by atoms with Gasteiger partial charge in [0.1, 0.15) is 0 Å². The van der Waals surface area contributed by atoms with E-state index in [1.807, 2.05) is 50.1 Å². The predicted molar refractivity (Wildman–Crippen MR) is 80.1 cm³/mol. The number of fused-ring (bicyclic) bond motifs is 1. The van der Waals surface area contributed by atoms with Gasteiger partial charge in [0.05, 0.1) is 6.54 Å². The van der Waals surface area contributed by atoms with E-state index in [1.165, 1.54) is 0 Å². The molecule has 4 nitrogen and oxygen atoms in total. The number of carbonyl (C=O) groups excluding carboxylic acids is 2. The summed E-state index contributed by atoms with van der Waals surface area (Å²) in [5.41, 5.74) is 1.63. The molecule has 0 saturated carbocycles. The summed E-state index contributed by atoms with van der Waals surface area (Å²) in [5.74, 6) is 0.261. The molecular formula is C16H22N2O2. The van der Waals surface area contributed by atoms with Gasteiger partial charge < -0.3 is 9.80 Å². The van der Waals surface area contributed by atoms with Crippen molar-refractivity contribution in [1.82, 2.24) is 4.90 Å². The van der Waals surface area contributed by atoms with Crippen molar-refractivity contribution in [2.75, 3.05) is 25.0 Å². The van der Waals surface area contributed by atoms with Gasteiger partial charge in [-0.05, 0) is 32.4 Å². The average molecular weight is 274 g/mol. The molecule has 1 amide bonds. The molecule has 0 unspecified atom stereocenters. The number of likely N-dealkylation sites (N-methyl/N-ethyl adjacent to an activating group) is 1. The van der Waals surface area contributed by atoms with Crippen molar-refractivity contribution in [2.45, 2.75) is 32.7 Å². The fourth-order valence-electron chi connectivity index (χ4n) is 2.40. The number of para-hydroxylation sites is 1. The van der Waals surface area contributed by atoms with Crippen LogP contribution in [0.4, 0.5) is 5.69 Å². The Bertz CT molecular complexity index is 511. The lowest BCUT2D eigenvalue weighted by Crippen LogP contribution is -2.41. The van der Waals surface area contributed by atoms with Crippen LogP contribution in [0.25, 0.3) is 0 Å². The van der Waals surface area contributed by atoms with Gasteiger partial charge in [-0.25, -0.2) is 0 Å². The fraction of sp³-hybridized carbons (Fsp3) is 0.500. The van der Waals surface area contributed by atoms with Crippen LogP contribution in [0.15, 0.2) is 24.3 Å². The highest BCUT2D eigenvalue weighted by atomic mass is 16.2. The lowest BCUT2D eigenvalue weighted by molar-refractivity contribution is -0.129. The van der Waals surface area contributed by atoms with E-state index in [4.69, 9.17) is 0 Å². The highest BCUT2D eigenvalue weighted by molar-refractivity contribution is 6.02. The topological polar surface area (TPSA) is 40.6 Å². The third-order valence-corrected chi connectivity index (χ3v) is 3.87. The van der Waals surface area contributed by atoms with Crippen LogP contribution in [0.3, 0.4) is 0 Å². The second kappa shape index (κ2) is 6.07. The number of anilines is 1. The minimum atomic E-state index is 0.0872. The summed E-state index contributed by atoms with van der Waals surface area (Å²) in [6.45, 7) is 5.08. The highest BCUT2D eigenvalue weighted by Gasteiger charge is 2.23. The lowest BCUT2D eigenvalue weighted by atomic mass is 10.1. The van der Waals surface area contributed by atoms with Crippen LogP contribution in [0.1, 0.15) is 37.0 Å². The molecule has 0 bridgehead atoms. The summed E-state index contributed by atoms with van der Waals surface area (Å²) >= 11 is 0. The van der Waals surface area contributed by atoms with Crippen molar-refractivity contribution in [1.29, 1.82) is 0 Å². The maximum Gasteiger partial charge on any atom is 0.242 e. The first-order valence-electron chi connectivity index (χ1n) is 7.13. The van der Waals surface area contributed by atoms with Gasteiger partial charge >= 0.3 is 0 Å². The summed E-state index contributed by atoms with van der Waals surface area (Å²) in [7, 11) is 1.82. The van der Waals surface area contributed by atoms with Crippen LogP contribution in [-0.2, 0) is 4.79 Å². The summed E-state index contributed by atoms with van der Waals surface area (Å²) in [6, 6.07) is 7.77. The predicted octanol–water partition coefficient (Wildman–Crippen LogP) is 2.34. The SMILES string of the molecule is CC(C)N(C)C(=O)CN1CCCC(=O)c2ccccc21. The van der Waals surface area contributed by atoms with Crippen LogP contribution in [0.5, 0.6) is 0 Å². The molecule has 0 spiro atoms. The molecule has 1 heterocycles. The molecule has 108 valence electrons. The largest absolute Gasteiger partial charge is 0.362 e. The maximum absolute atomic E-state index is 12.3. The van der Waals surface area contributed by atoms with E-state index < -0.39 is 0 Å². The zero-order valence-electron chi connectivity index (χ0n) is 12.4. The van der Waals surface area contributed by atoms with E-state index in [2.05, 4.69) is 0 Å². The third-order valence-electron chi connectivity index (χ3n) is 3.87. The number of carbonyl (C=O) groups is 2. The minimum Gasteiger partial charge on any atom is -0.362 e. The molecular weight excluding hydrogens is 252 g/mol. The third kappa shape index (κ3) is 3.00. The normalized spacial score (nSPS) is 15.0. The van der Waals surface area contributed by atoms with Gasteiger partial charge in [0, 0.05) is 37.3 Å². The standard InChI is InChI=1S/C16H22N2O2/c1-12(2)17(3)16(20)11-18-10-6-9-15(19)13-7-4-5-8-14(13)18/h4-5,7-8,12H,6,9-11H2,1-3H3. The molecule has 0 N–H and O–H groups in total. The molecule has 4 heteroatoms. The van der Waals surface area contributed by atoms with E-state index in [1.54, 1.807) is 4.90 Å². The van der Waals surface area contributed by atoms with Crippen LogP contribution >= 0.6 is 0 Å². The van der Waals surface area contributed by atoms with Crippen molar-refractivity contribution in [2.24, 2.45) is 0 Å². The molecule has 20 heavy (non-hydrogen) atoms. The van der Waals surface area contributed by atoms with E-state index in [-0.39, 0.29) is 17.7 Å². The number of hydrogen-bond donors (Lipinski definition) is 0. The van der Waals surface area contributed by atoms with Crippen molar-refractivity contribution in [3.63, 3.8) is 0 Å². The average Bonchev–Trinajstić information content (AvgIpc) is 2.59. The Morgan fingerprint density at radius 3 is 2.75 bits per heavy atom. The first kappa shape index (κ1) is 14.6. The van der Waals surface area contributed by atoms with E-state index in [0.29, 0.717) is 13.0 Å². The van der Waals surface area contributed by atoms with Gasteiger partial charge in [-0.3, -0.25) is 9.59 Å². The Labute approximate surface area is 120 Å². The molecule has 0 radical (unpaired) electrons. The summed E-state index contributed by atoms with van der Waals surface area (Å²) < 4.78 is 0. The number of hydrogen-bond acceptors (Lipinski definition) is 3. The summed E-state index contributed by atoms with van der Waals surface area (Å²) in [6.07, 6.45) is 1.36. The number of benzene rings is 1. The monoisotopic (exact) mass is 274 g/mol. The molecule has 0 saturated heterocycles. The Balaban J connectivity index is 2.22. The molecule has 1 aliphatic heterocycles. The highest BCUT2D eigenvalue weighted by Crippen LogP contribution is 2.26. The van der Waals surface area contributed by atoms with Gasteiger partial charge in [-0.15, -0.1) is 0 Å². The van der Waals surface area contributed by atoms with Gasteiger partial charge in [-0.2, -0.15) is 0 Å². The molecule has 1 aromatic carbocycles. The smallest absolute Gasteiger partial charge is 0.242 e. The lowest BCUT2D eigenvalue weighted by Gasteiger charge is -2.28. The van der Waals surface area contributed by atoms with Crippen molar-refractivity contribution in [3.8, 4) is 0 Å². The van der Waals surface area contributed by atoms with Crippen LogP contribution in [-0.4, -0.2) is 42.8 Å². The number of nitrogens with zero attached hydrogens (tertiary/aromatic N) is 2. The molecule has 0 aliphatic carbocycles. The van der Waals surface area contributed by atoms with Gasteiger partial charge in [0.25, 0.3) is 0 Å². The maximum atomic E-state index is 12.3. The van der Waals surface area contributed by atoms with E-state index in [0.717, 1.165) is 24.2 Å². The number of Topliss-reactive ketones (excluding diaryl/α,β-unsaturated/α-hetero) is 1. The Kier molecular flexibility index (Phi) is 4.42. The second-order valence-electron chi connectivity index (χ2n) is 5.56. The molecule has 0 aromatic heterocycles. The van der Waals surface area contributed by atoms with Crippen molar-refractivity contribution >= 4 is 17.4 Å². The van der Waals surface area contributed by atoms with Gasteiger partial charge in [0.2, 0.25) is 5.91 Å². The molecule has 2 rings (SSSR count). The Morgan fingerprint density at radius 1 is 1.35 bits per heavy atom.